The number of nitrogens with zero attached hydrogens (tertiary/aromatic N) is 4. The molecule has 2 aromatic carbocycles. The molecule has 0 aliphatic heterocycles. The van der Waals surface area contributed by atoms with Crippen molar-refractivity contribution in [2.45, 2.75) is 0 Å². The molecule has 0 aliphatic carbocycles. The van der Waals surface area contributed by atoms with Crippen LogP contribution in [0.15, 0.2) is 54.6 Å². The van der Waals surface area contributed by atoms with Crippen molar-refractivity contribution in [1.29, 1.82) is 0 Å². The van der Waals surface area contributed by atoms with Crippen molar-refractivity contribution in [2.24, 2.45) is 0 Å². The van der Waals surface area contributed by atoms with E-state index in [-0.39, 0.29) is 0 Å². The number of hydrogen-bond donors (Lipinski definition) is 0. The molecule has 130 valence electrons. The molecule has 4 heteroatoms. The van der Waals surface area contributed by atoms with Crippen molar-refractivity contribution >= 4 is 28.8 Å². The third-order valence-electron chi connectivity index (χ3n) is 4.42. The van der Waals surface area contributed by atoms with Crippen LogP contribution in [0.25, 0.3) is 33.9 Å². The van der Waals surface area contributed by atoms with Gasteiger partial charge in [-0.2, -0.15) is 5.10 Å². The SMILES string of the molecule is CN(C)/C=c1/c2ccccc2n2nc(-c3ccccc3)c(C=[N+](C)C)c12. The molecule has 4 aromatic rings. The topological polar surface area (TPSA) is 23.5 Å². The second kappa shape index (κ2) is 6.30. The zero-order valence-corrected chi connectivity index (χ0v) is 15.6. The molecule has 0 fully saturated rings. The number of aromatic nitrogens is 2. The lowest BCUT2D eigenvalue weighted by atomic mass is 10.1. The molecule has 0 atom stereocenters. The molecule has 0 aliphatic rings. The lowest BCUT2D eigenvalue weighted by Crippen LogP contribution is -2.11. The van der Waals surface area contributed by atoms with Crippen LogP contribution in [0.5, 0.6) is 0 Å². The Balaban J connectivity index is 2.21. The normalized spacial score (nSPS) is 12.1. The van der Waals surface area contributed by atoms with Crippen LogP contribution >= 0.6 is 0 Å². The Bertz CT molecular complexity index is 1160. The highest BCUT2D eigenvalue weighted by atomic mass is 15.2. The van der Waals surface area contributed by atoms with E-state index < -0.39 is 0 Å². The molecule has 0 saturated carbocycles. The predicted molar refractivity (Wildman–Crippen MR) is 109 cm³/mol. The molecule has 4 nitrogen and oxygen atoms in total. The summed E-state index contributed by atoms with van der Waals surface area (Å²) in [4.78, 5) is 2.09. The van der Waals surface area contributed by atoms with Gasteiger partial charge in [0.25, 0.3) is 0 Å². The van der Waals surface area contributed by atoms with Gasteiger partial charge in [-0.3, -0.25) is 0 Å². The minimum absolute atomic E-state index is 1.01. The Morgan fingerprint density at radius 2 is 1.65 bits per heavy atom. The molecule has 0 N–H and O–H groups in total. The fraction of sp³-hybridized carbons (Fsp3) is 0.182. The van der Waals surface area contributed by atoms with Crippen LogP contribution in [0.4, 0.5) is 0 Å². The van der Waals surface area contributed by atoms with Gasteiger partial charge in [0.2, 0.25) is 0 Å². The van der Waals surface area contributed by atoms with Crippen LogP contribution in [-0.4, -0.2) is 53.5 Å². The Kier molecular flexibility index (Phi) is 3.96. The van der Waals surface area contributed by atoms with Crippen LogP contribution in [-0.2, 0) is 0 Å². The number of fused-ring (bicyclic) bond motifs is 3. The average Bonchev–Trinajstić information content (AvgIpc) is 3.12. The third-order valence-corrected chi connectivity index (χ3v) is 4.42. The van der Waals surface area contributed by atoms with Crippen molar-refractivity contribution in [2.75, 3.05) is 28.2 Å². The number of rotatable bonds is 3. The summed E-state index contributed by atoms with van der Waals surface area (Å²) in [5, 5.41) is 7.43. The zero-order chi connectivity index (χ0) is 18.3. The molecule has 0 radical (unpaired) electrons. The number of para-hydroxylation sites is 1. The van der Waals surface area contributed by atoms with Crippen LogP contribution in [0.3, 0.4) is 0 Å². The Hall–Kier alpha value is -3.14. The molecule has 0 bridgehead atoms. The Morgan fingerprint density at radius 1 is 0.962 bits per heavy atom. The van der Waals surface area contributed by atoms with Gasteiger partial charge in [-0.25, -0.2) is 9.09 Å². The second-order valence-corrected chi connectivity index (χ2v) is 7.00. The Morgan fingerprint density at radius 3 is 2.35 bits per heavy atom. The summed E-state index contributed by atoms with van der Waals surface area (Å²) in [6.07, 6.45) is 4.34. The van der Waals surface area contributed by atoms with E-state index >= 15 is 0 Å². The maximum Gasteiger partial charge on any atom is 0.174 e. The Labute approximate surface area is 153 Å². The third kappa shape index (κ3) is 2.64. The van der Waals surface area contributed by atoms with Gasteiger partial charge in [-0.05, 0) is 6.07 Å². The van der Waals surface area contributed by atoms with Gasteiger partial charge < -0.3 is 4.90 Å². The summed E-state index contributed by atoms with van der Waals surface area (Å²) in [7, 11) is 8.22. The van der Waals surface area contributed by atoms with Gasteiger partial charge in [0.1, 0.15) is 19.8 Å². The minimum Gasteiger partial charge on any atom is -0.383 e. The van der Waals surface area contributed by atoms with E-state index in [4.69, 9.17) is 5.10 Å². The summed E-state index contributed by atoms with van der Waals surface area (Å²) in [6, 6.07) is 18.8. The maximum atomic E-state index is 5.01. The maximum absolute atomic E-state index is 5.01. The van der Waals surface area contributed by atoms with Gasteiger partial charge in [0, 0.05) is 36.5 Å². The monoisotopic (exact) mass is 343 g/mol. The van der Waals surface area contributed by atoms with Gasteiger partial charge in [0.15, 0.2) is 6.21 Å². The van der Waals surface area contributed by atoms with Gasteiger partial charge in [-0.15, -0.1) is 0 Å². The first-order valence-electron chi connectivity index (χ1n) is 8.74. The van der Waals surface area contributed by atoms with Crippen LogP contribution in [0.1, 0.15) is 5.56 Å². The summed E-state index contributed by atoms with van der Waals surface area (Å²) in [5.41, 5.74) is 5.56. The molecule has 0 unspecified atom stereocenters. The zero-order valence-electron chi connectivity index (χ0n) is 15.6. The lowest BCUT2D eigenvalue weighted by molar-refractivity contribution is -0.458. The smallest absolute Gasteiger partial charge is 0.174 e. The van der Waals surface area contributed by atoms with E-state index in [1.165, 1.54) is 10.6 Å². The second-order valence-electron chi connectivity index (χ2n) is 7.00. The van der Waals surface area contributed by atoms with Crippen molar-refractivity contribution in [3.8, 4) is 11.3 Å². The van der Waals surface area contributed by atoms with E-state index in [0.29, 0.717) is 0 Å². The van der Waals surface area contributed by atoms with E-state index in [2.05, 4.69) is 103 Å². The van der Waals surface area contributed by atoms with E-state index in [1.54, 1.807) is 0 Å². The first-order valence-corrected chi connectivity index (χ1v) is 8.74. The largest absolute Gasteiger partial charge is 0.383 e. The van der Waals surface area contributed by atoms with Gasteiger partial charge >= 0.3 is 0 Å². The van der Waals surface area contributed by atoms with Crippen molar-refractivity contribution in [3.63, 3.8) is 0 Å². The molecule has 0 saturated heterocycles. The van der Waals surface area contributed by atoms with Crippen molar-refractivity contribution in [3.05, 3.63) is 65.4 Å². The summed E-state index contributed by atoms with van der Waals surface area (Å²) >= 11 is 0. The highest BCUT2D eigenvalue weighted by molar-refractivity contribution is 6.01. The van der Waals surface area contributed by atoms with Gasteiger partial charge in [-0.1, -0.05) is 48.5 Å². The lowest BCUT2D eigenvalue weighted by Gasteiger charge is -2.03. The van der Waals surface area contributed by atoms with E-state index in [9.17, 15) is 0 Å². The molecule has 0 spiro atoms. The molecular weight excluding hydrogens is 320 g/mol. The van der Waals surface area contributed by atoms with Crippen molar-refractivity contribution < 1.29 is 4.58 Å². The number of benzene rings is 2. The summed E-state index contributed by atoms with van der Waals surface area (Å²) in [5.74, 6) is 0. The highest BCUT2D eigenvalue weighted by Gasteiger charge is 2.20. The molecule has 2 aromatic heterocycles. The summed E-state index contributed by atoms with van der Waals surface area (Å²) < 4.78 is 4.17. The first-order chi connectivity index (χ1) is 12.6. The van der Waals surface area contributed by atoms with Crippen LogP contribution in [0.2, 0.25) is 0 Å². The average molecular weight is 343 g/mol. The quantitative estimate of drug-likeness (QED) is 0.422. The molecule has 0 amide bonds. The minimum atomic E-state index is 1.01. The molecule has 26 heavy (non-hydrogen) atoms. The predicted octanol–water partition coefficient (Wildman–Crippen LogP) is 2.86. The van der Waals surface area contributed by atoms with E-state index in [0.717, 1.165) is 27.9 Å². The molecule has 2 heterocycles. The van der Waals surface area contributed by atoms with Crippen LogP contribution < -0.4 is 5.22 Å². The van der Waals surface area contributed by atoms with Crippen molar-refractivity contribution in [1.82, 2.24) is 14.5 Å². The summed E-state index contributed by atoms with van der Waals surface area (Å²) in [6.45, 7) is 0. The van der Waals surface area contributed by atoms with Crippen LogP contribution in [0, 0.1) is 0 Å². The number of hydrogen-bond acceptors (Lipinski definition) is 2. The molecule has 4 rings (SSSR count). The first kappa shape index (κ1) is 16.3. The standard InChI is InChI=1S/C22H23N4/c1-24(2)14-18-17-12-8-9-13-20(17)26-22(18)19(15-25(3)4)21(23-26)16-10-6-5-7-11-16/h5-15H,1-4H3/q+1. The van der Waals surface area contributed by atoms with Gasteiger partial charge in [0.05, 0.1) is 16.6 Å². The molecular formula is C22H23N4+. The fourth-order valence-electron chi connectivity index (χ4n) is 3.46. The highest BCUT2D eigenvalue weighted by Crippen LogP contribution is 2.26. The fourth-order valence-corrected chi connectivity index (χ4v) is 3.46. The van der Waals surface area contributed by atoms with E-state index in [1.807, 2.05) is 6.07 Å².